The lowest BCUT2D eigenvalue weighted by atomic mass is 9.63. The number of amides is 4. The Morgan fingerprint density at radius 1 is 1.10 bits per heavy atom. The van der Waals surface area contributed by atoms with Gasteiger partial charge in [-0.1, -0.05) is 0 Å². The van der Waals surface area contributed by atoms with Crippen molar-refractivity contribution in [2.45, 2.75) is 18.4 Å². The quantitative estimate of drug-likeness (QED) is 0.695. The number of nitrogens with one attached hydrogen (secondary N) is 1. The van der Waals surface area contributed by atoms with E-state index in [2.05, 4.69) is 5.32 Å². The van der Waals surface area contributed by atoms with Crippen LogP contribution < -0.4 is 5.32 Å². The summed E-state index contributed by atoms with van der Waals surface area (Å²) in [5.74, 6) is -2.57. The Labute approximate surface area is 118 Å². The molecule has 0 spiro atoms. The second kappa shape index (κ2) is 3.49. The number of carbonyl (C=O) groups excluding carboxylic acids is 4. The Hall–Kier alpha value is -2.70. The van der Waals surface area contributed by atoms with E-state index in [0.29, 0.717) is 0 Å². The number of rotatable bonds is 1. The van der Waals surface area contributed by atoms with Crippen LogP contribution in [0.3, 0.4) is 0 Å². The van der Waals surface area contributed by atoms with Gasteiger partial charge in [-0.2, -0.15) is 0 Å². The van der Waals surface area contributed by atoms with Crippen LogP contribution in [0.2, 0.25) is 0 Å². The van der Waals surface area contributed by atoms with Crippen LogP contribution >= 0.6 is 0 Å². The highest BCUT2D eigenvalue weighted by Gasteiger charge is 2.65. The molecule has 21 heavy (non-hydrogen) atoms. The van der Waals surface area contributed by atoms with Crippen molar-refractivity contribution in [3.63, 3.8) is 0 Å². The average Bonchev–Trinajstić information content (AvgIpc) is 2.61. The van der Waals surface area contributed by atoms with Crippen LogP contribution in [0, 0.1) is 5.92 Å². The van der Waals surface area contributed by atoms with Gasteiger partial charge in [0, 0.05) is 5.92 Å². The summed E-state index contributed by atoms with van der Waals surface area (Å²) in [4.78, 5) is 49.4. The van der Waals surface area contributed by atoms with Crippen molar-refractivity contribution in [2.24, 2.45) is 5.92 Å². The summed E-state index contributed by atoms with van der Waals surface area (Å²) < 4.78 is 0. The maximum Gasteiger partial charge on any atom is 0.262 e. The summed E-state index contributed by atoms with van der Waals surface area (Å²) in [7, 11) is 0. The normalized spacial score (nSPS) is 30.1. The Morgan fingerprint density at radius 3 is 2.43 bits per heavy atom. The highest BCUT2D eigenvalue weighted by molar-refractivity contribution is 6.25. The fourth-order valence-corrected chi connectivity index (χ4v) is 3.36. The number of phenols is 1. The summed E-state index contributed by atoms with van der Waals surface area (Å²) in [6.07, 6.45) is 0.351. The minimum absolute atomic E-state index is 0.0857. The van der Waals surface area contributed by atoms with Crippen molar-refractivity contribution in [2.75, 3.05) is 0 Å². The van der Waals surface area contributed by atoms with Crippen molar-refractivity contribution < 1.29 is 24.3 Å². The molecule has 106 valence electrons. The molecule has 1 aromatic rings. The van der Waals surface area contributed by atoms with E-state index in [1.165, 1.54) is 18.2 Å². The van der Waals surface area contributed by atoms with Gasteiger partial charge in [0.05, 0.1) is 11.1 Å². The van der Waals surface area contributed by atoms with Crippen molar-refractivity contribution in [3.05, 3.63) is 29.3 Å². The van der Waals surface area contributed by atoms with Gasteiger partial charge in [0.1, 0.15) is 11.3 Å². The summed E-state index contributed by atoms with van der Waals surface area (Å²) >= 11 is 0. The Balaban J connectivity index is 1.79. The molecule has 1 aromatic carbocycles. The van der Waals surface area contributed by atoms with Crippen molar-refractivity contribution in [1.82, 2.24) is 10.2 Å². The van der Waals surface area contributed by atoms with Gasteiger partial charge in [-0.05, 0) is 31.0 Å². The first-order chi connectivity index (χ1) is 9.94. The zero-order chi connectivity index (χ0) is 14.9. The number of hydrogen-bond donors (Lipinski definition) is 2. The zero-order valence-electron chi connectivity index (χ0n) is 10.8. The first-order valence-electron chi connectivity index (χ1n) is 6.51. The molecule has 7 heteroatoms. The number of piperidine rings is 2. The summed E-state index contributed by atoms with van der Waals surface area (Å²) in [6.45, 7) is 0. The molecule has 3 aliphatic heterocycles. The fourth-order valence-electron chi connectivity index (χ4n) is 3.36. The van der Waals surface area contributed by atoms with E-state index in [4.69, 9.17) is 0 Å². The van der Waals surface area contributed by atoms with Crippen LogP contribution in [0.15, 0.2) is 18.2 Å². The molecular formula is C14H10N2O5. The third kappa shape index (κ3) is 1.28. The molecule has 3 fully saturated rings. The number of fused-ring (bicyclic) bond motifs is 3. The molecule has 5 rings (SSSR count). The Bertz CT molecular complexity index is 748. The number of benzene rings is 1. The first kappa shape index (κ1) is 12.1. The average molecular weight is 286 g/mol. The largest absolute Gasteiger partial charge is 0.508 e. The van der Waals surface area contributed by atoms with Crippen molar-refractivity contribution in [1.29, 1.82) is 0 Å². The predicted molar refractivity (Wildman–Crippen MR) is 67.2 cm³/mol. The molecule has 0 radical (unpaired) electrons. The van der Waals surface area contributed by atoms with Crippen molar-refractivity contribution >= 4 is 23.6 Å². The molecule has 2 saturated heterocycles. The number of hydrogen-bond acceptors (Lipinski definition) is 5. The van der Waals surface area contributed by atoms with Gasteiger partial charge in [-0.25, -0.2) is 0 Å². The van der Waals surface area contributed by atoms with Gasteiger partial charge in [0.25, 0.3) is 17.7 Å². The minimum atomic E-state index is -1.26. The van der Waals surface area contributed by atoms with E-state index < -0.39 is 23.3 Å². The number of aromatic hydroxyl groups is 1. The lowest BCUT2D eigenvalue weighted by molar-refractivity contribution is -0.158. The predicted octanol–water partition coefficient (Wildman–Crippen LogP) is -0.207. The monoisotopic (exact) mass is 286 g/mol. The standard InChI is InChI=1S/C14H10N2O5/c17-7-1-2-8-9(3-7)12(20)16(11(8)19)14-4-6(5-14)10(18)15-13(14)21/h1-3,6,17H,4-5H2,(H,15,18,21). The van der Waals surface area contributed by atoms with Gasteiger partial charge < -0.3 is 5.11 Å². The molecule has 0 atom stereocenters. The Morgan fingerprint density at radius 2 is 1.76 bits per heavy atom. The van der Waals surface area contributed by atoms with Gasteiger partial charge in [-0.15, -0.1) is 0 Å². The van der Waals surface area contributed by atoms with E-state index >= 15 is 0 Å². The van der Waals surface area contributed by atoms with Crippen LogP contribution in [0.4, 0.5) is 0 Å². The first-order valence-corrected chi connectivity index (χ1v) is 6.51. The smallest absolute Gasteiger partial charge is 0.262 e. The molecule has 4 aliphatic rings. The van der Waals surface area contributed by atoms with Crippen LogP contribution in [-0.4, -0.2) is 39.2 Å². The molecule has 2 bridgehead atoms. The molecule has 1 aliphatic carbocycles. The highest BCUT2D eigenvalue weighted by atomic mass is 16.3. The molecule has 0 unspecified atom stereocenters. The molecular weight excluding hydrogens is 276 g/mol. The van der Waals surface area contributed by atoms with Gasteiger partial charge in [0.2, 0.25) is 5.91 Å². The number of phenolic OH excluding ortho intramolecular Hbond substituents is 1. The fraction of sp³-hybridized carbons (Fsp3) is 0.286. The van der Waals surface area contributed by atoms with Crippen LogP contribution in [0.5, 0.6) is 5.75 Å². The second-order valence-electron chi connectivity index (χ2n) is 5.63. The van der Waals surface area contributed by atoms with Crippen LogP contribution in [0.1, 0.15) is 33.6 Å². The van der Waals surface area contributed by atoms with E-state index in [0.717, 1.165) is 4.90 Å². The van der Waals surface area contributed by atoms with Crippen LogP contribution in [0.25, 0.3) is 0 Å². The topological polar surface area (TPSA) is 104 Å². The number of carbonyl (C=O) groups is 4. The summed E-state index contributed by atoms with van der Waals surface area (Å²) in [6, 6.07) is 3.90. The summed E-state index contributed by atoms with van der Waals surface area (Å²) in [5.41, 5.74) is -1.01. The van der Waals surface area contributed by atoms with Crippen molar-refractivity contribution in [3.8, 4) is 5.75 Å². The van der Waals surface area contributed by atoms with Gasteiger partial charge in [0.15, 0.2) is 0 Å². The van der Waals surface area contributed by atoms with E-state index in [9.17, 15) is 24.3 Å². The molecule has 2 N–H and O–H groups in total. The maximum absolute atomic E-state index is 12.4. The third-order valence-corrected chi connectivity index (χ3v) is 4.50. The minimum Gasteiger partial charge on any atom is -0.508 e. The third-order valence-electron chi connectivity index (χ3n) is 4.50. The second-order valence-corrected chi connectivity index (χ2v) is 5.63. The molecule has 4 amide bonds. The van der Waals surface area contributed by atoms with E-state index in [1.54, 1.807) is 0 Å². The van der Waals surface area contributed by atoms with Crippen LogP contribution in [-0.2, 0) is 9.59 Å². The number of nitrogens with zero attached hydrogens (tertiary/aromatic N) is 1. The molecule has 7 nitrogen and oxygen atoms in total. The maximum atomic E-state index is 12.4. The summed E-state index contributed by atoms with van der Waals surface area (Å²) in [5, 5.41) is 11.7. The van der Waals surface area contributed by atoms with Gasteiger partial charge in [-0.3, -0.25) is 29.4 Å². The van der Waals surface area contributed by atoms with Gasteiger partial charge >= 0.3 is 0 Å². The SMILES string of the molecule is O=C1NC(=O)C2(N3C(=O)c4ccc(O)cc4C3=O)CC1C2. The highest BCUT2D eigenvalue weighted by Crippen LogP contribution is 2.48. The number of imide groups is 2. The lowest BCUT2D eigenvalue weighted by Crippen LogP contribution is -2.74. The van der Waals surface area contributed by atoms with E-state index in [-0.39, 0.29) is 41.5 Å². The molecule has 0 aromatic heterocycles. The molecule has 1 saturated carbocycles. The molecule has 3 heterocycles. The van der Waals surface area contributed by atoms with E-state index in [1.807, 2.05) is 0 Å². The lowest BCUT2D eigenvalue weighted by Gasteiger charge is -2.52. The zero-order valence-corrected chi connectivity index (χ0v) is 10.8. The Kier molecular flexibility index (Phi) is 2.01.